The first kappa shape index (κ1) is 15.5. The maximum Gasteiger partial charge on any atom is 0.254 e. The number of nitrogens with two attached hydrogens (primary N) is 1. The van der Waals surface area contributed by atoms with Crippen LogP contribution in [0.3, 0.4) is 0 Å². The fraction of sp³-hybridized carbons (Fsp3) is 0.500. The zero-order valence-electron chi connectivity index (χ0n) is 12.0. The molecule has 0 unspecified atom stereocenters. The number of benzene rings is 1. The van der Waals surface area contributed by atoms with Crippen molar-refractivity contribution in [1.82, 2.24) is 5.32 Å². The van der Waals surface area contributed by atoms with E-state index >= 15 is 0 Å². The third-order valence-electron chi connectivity index (χ3n) is 4.09. The highest BCUT2D eigenvalue weighted by atomic mass is 16.3. The number of carbonyl (C=O) groups is 2. The standard InChI is InChI=1S/C16H22N2O3/c17-15(20)13(11-7-3-1-4-8-11)18-16(21)14(19)12-9-5-2-6-10-12/h2,5-6,9-11,13-14,19H,1,3-4,7-8H2,(H2,17,20)(H,18,21)/t13-,14-/m0/s1. The lowest BCUT2D eigenvalue weighted by Crippen LogP contribution is -2.50. The number of aliphatic hydroxyl groups excluding tert-OH is 1. The minimum atomic E-state index is -1.28. The normalized spacial score (nSPS) is 18.7. The van der Waals surface area contributed by atoms with Crippen molar-refractivity contribution in [3.8, 4) is 0 Å². The van der Waals surface area contributed by atoms with E-state index in [9.17, 15) is 14.7 Å². The summed E-state index contributed by atoms with van der Waals surface area (Å²) in [6.07, 6.45) is 3.74. The summed E-state index contributed by atoms with van der Waals surface area (Å²) < 4.78 is 0. The van der Waals surface area contributed by atoms with Gasteiger partial charge in [0.25, 0.3) is 5.91 Å². The molecule has 4 N–H and O–H groups in total. The van der Waals surface area contributed by atoms with E-state index in [2.05, 4.69) is 5.32 Å². The molecule has 1 aromatic rings. The second kappa shape index (κ2) is 7.22. The van der Waals surface area contributed by atoms with E-state index in [1.165, 1.54) is 0 Å². The average Bonchev–Trinajstić information content (AvgIpc) is 2.53. The number of rotatable bonds is 5. The van der Waals surface area contributed by atoms with E-state index in [-0.39, 0.29) is 5.92 Å². The van der Waals surface area contributed by atoms with Crippen LogP contribution in [-0.4, -0.2) is 23.0 Å². The lowest BCUT2D eigenvalue weighted by molar-refractivity contribution is -0.134. The third-order valence-corrected chi connectivity index (χ3v) is 4.09. The molecule has 1 aliphatic carbocycles. The molecule has 21 heavy (non-hydrogen) atoms. The van der Waals surface area contributed by atoms with Crippen LogP contribution in [0.15, 0.2) is 30.3 Å². The topological polar surface area (TPSA) is 92.4 Å². The van der Waals surface area contributed by atoms with Gasteiger partial charge in [0, 0.05) is 0 Å². The molecule has 2 atom stereocenters. The number of hydrogen-bond donors (Lipinski definition) is 3. The smallest absolute Gasteiger partial charge is 0.254 e. The van der Waals surface area contributed by atoms with Gasteiger partial charge in [-0.1, -0.05) is 49.6 Å². The van der Waals surface area contributed by atoms with Gasteiger partial charge in [-0.05, 0) is 24.3 Å². The first-order valence-corrected chi connectivity index (χ1v) is 7.42. The van der Waals surface area contributed by atoms with Crippen LogP contribution >= 0.6 is 0 Å². The highest BCUT2D eigenvalue weighted by molar-refractivity contribution is 5.89. The maximum atomic E-state index is 12.1. The van der Waals surface area contributed by atoms with Gasteiger partial charge in [-0.25, -0.2) is 0 Å². The lowest BCUT2D eigenvalue weighted by atomic mass is 9.83. The molecule has 5 nitrogen and oxygen atoms in total. The van der Waals surface area contributed by atoms with Crippen molar-refractivity contribution in [2.45, 2.75) is 44.2 Å². The van der Waals surface area contributed by atoms with Gasteiger partial charge in [0.1, 0.15) is 6.04 Å². The Hall–Kier alpha value is -1.88. The van der Waals surface area contributed by atoms with Gasteiger partial charge < -0.3 is 16.2 Å². The van der Waals surface area contributed by atoms with E-state index in [1.54, 1.807) is 24.3 Å². The molecule has 2 amide bonds. The largest absolute Gasteiger partial charge is 0.378 e. The van der Waals surface area contributed by atoms with Crippen LogP contribution in [0.5, 0.6) is 0 Å². The molecule has 0 bridgehead atoms. The molecule has 0 aliphatic heterocycles. The van der Waals surface area contributed by atoms with Crippen molar-refractivity contribution < 1.29 is 14.7 Å². The monoisotopic (exact) mass is 290 g/mol. The van der Waals surface area contributed by atoms with E-state index in [4.69, 9.17) is 5.73 Å². The van der Waals surface area contributed by atoms with Gasteiger partial charge in [-0.3, -0.25) is 9.59 Å². The van der Waals surface area contributed by atoms with Crippen molar-refractivity contribution in [3.05, 3.63) is 35.9 Å². The molecule has 0 aromatic heterocycles. The maximum absolute atomic E-state index is 12.1. The quantitative estimate of drug-likeness (QED) is 0.762. The summed E-state index contributed by atoms with van der Waals surface area (Å²) in [5, 5.41) is 12.7. The summed E-state index contributed by atoms with van der Waals surface area (Å²) in [6.45, 7) is 0. The van der Waals surface area contributed by atoms with Gasteiger partial charge in [0.15, 0.2) is 6.10 Å². The number of hydrogen-bond acceptors (Lipinski definition) is 3. The molecule has 1 aliphatic rings. The zero-order chi connectivity index (χ0) is 15.2. The van der Waals surface area contributed by atoms with Crippen molar-refractivity contribution in [1.29, 1.82) is 0 Å². The van der Waals surface area contributed by atoms with E-state index in [1.807, 2.05) is 6.07 Å². The van der Waals surface area contributed by atoms with Gasteiger partial charge in [0.2, 0.25) is 5.91 Å². The van der Waals surface area contributed by atoms with Gasteiger partial charge in [-0.2, -0.15) is 0 Å². The van der Waals surface area contributed by atoms with Crippen LogP contribution in [-0.2, 0) is 9.59 Å². The predicted octanol–water partition coefficient (Wildman–Crippen LogP) is 1.27. The molecule has 0 heterocycles. The average molecular weight is 290 g/mol. The van der Waals surface area contributed by atoms with E-state index < -0.39 is 24.0 Å². The van der Waals surface area contributed by atoms with Crippen molar-refractivity contribution in [2.75, 3.05) is 0 Å². The molecular formula is C16H22N2O3. The summed E-state index contributed by atoms with van der Waals surface area (Å²) in [7, 11) is 0. The fourth-order valence-electron chi connectivity index (χ4n) is 2.91. The molecular weight excluding hydrogens is 268 g/mol. The fourth-order valence-corrected chi connectivity index (χ4v) is 2.91. The van der Waals surface area contributed by atoms with Crippen LogP contribution in [0, 0.1) is 5.92 Å². The van der Waals surface area contributed by atoms with Crippen LogP contribution in [0.2, 0.25) is 0 Å². The van der Waals surface area contributed by atoms with Crippen molar-refractivity contribution >= 4 is 11.8 Å². The summed E-state index contributed by atoms with van der Waals surface area (Å²) in [4.78, 5) is 23.8. The SMILES string of the molecule is NC(=O)[C@@H](NC(=O)[C@@H](O)c1ccccc1)C1CCCCC1. The first-order chi connectivity index (χ1) is 10.1. The molecule has 1 fully saturated rings. The summed E-state index contributed by atoms with van der Waals surface area (Å²) >= 11 is 0. The zero-order valence-corrected chi connectivity index (χ0v) is 12.0. The highest BCUT2D eigenvalue weighted by Gasteiger charge is 2.31. The van der Waals surface area contributed by atoms with Crippen LogP contribution in [0.4, 0.5) is 0 Å². The lowest BCUT2D eigenvalue weighted by Gasteiger charge is -2.29. The molecule has 0 saturated heterocycles. The Morgan fingerprint density at radius 1 is 1.14 bits per heavy atom. The van der Waals surface area contributed by atoms with Crippen molar-refractivity contribution in [3.63, 3.8) is 0 Å². The molecule has 1 saturated carbocycles. The number of primary amides is 1. The summed E-state index contributed by atoms with van der Waals surface area (Å²) in [5.41, 5.74) is 5.92. The second-order valence-electron chi connectivity index (χ2n) is 5.60. The predicted molar refractivity (Wildman–Crippen MR) is 79.1 cm³/mol. The van der Waals surface area contributed by atoms with Gasteiger partial charge >= 0.3 is 0 Å². The third kappa shape index (κ3) is 4.04. The summed E-state index contributed by atoms with van der Waals surface area (Å²) in [5.74, 6) is -1.03. The van der Waals surface area contributed by atoms with Gasteiger partial charge in [0.05, 0.1) is 0 Å². The Balaban J connectivity index is 2.02. The van der Waals surface area contributed by atoms with Crippen LogP contribution in [0.1, 0.15) is 43.8 Å². The Bertz CT molecular complexity index is 484. The second-order valence-corrected chi connectivity index (χ2v) is 5.60. The minimum Gasteiger partial charge on any atom is -0.378 e. The Labute approximate surface area is 124 Å². The molecule has 0 radical (unpaired) electrons. The molecule has 2 rings (SSSR count). The molecule has 1 aromatic carbocycles. The van der Waals surface area contributed by atoms with Crippen LogP contribution in [0.25, 0.3) is 0 Å². The highest BCUT2D eigenvalue weighted by Crippen LogP contribution is 2.27. The number of aliphatic hydroxyl groups is 1. The molecule has 0 spiro atoms. The Morgan fingerprint density at radius 3 is 2.33 bits per heavy atom. The number of amides is 2. The van der Waals surface area contributed by atoms with Crippen molar-refractivity contribution in [2.24, 2.45) is 11.7 Å². The molecule has 5 heteroatoms. The summed E-state index contributed by atoms with van der Waals surface area (Å²) in [6, 6.07) is 7.95. The first-order valence-electron chi connectivity index (χ1n) is 7.42. The van der Waals surface area contributed by atoms with Crippen LogP contribution < -0.4 is 11.1 Å². The number of carbonyl (C=O) groups excluding carboxylic acids is 2. The molecule has 114 valence electrons. The Morgan fingerprint density at radius 2 is 1.76 bits per heavy atom. The van der Waals surface area contributed by atoms with E-state index in [0.29, 0.717) is 5.56 Å². The number of nitrogens with one attached hydrogen (secondary N) is 1. The van der Waals surface area contributed by atoms with Gasteiger partial charge in [-0.15, -0.1) is 0 Å². The Kier molecular flexibility index (Phi) is 5.33. The van der Waals surface area contributed by atoms with E-state index in [0.717, 1.165) is 32.1 Å². The minimum absolute atomic E-state index is 0.0724.